The van der Waals surface area contributed by atoms with Crippen LogP contribution in [0.1, 0.15) is 36.4 Å². The molecule has 0 aliphatic carbocycles. The van der Waals surface area contributed by atoms with Gasteiger partial charge in [0.25, 0.3) is 5.56 Å². The summed E-state index contributed by atoms with van der Waals surface area (Å²) in [7, 11) is 0. The van der Waals surface area contributed by atoms with Gasteiger partial charge in [-0.15, -0.1) is 24.2 Å². The van der Waals surface area contributed by atoms with Crippen molar-refractivity contribution in [3.05, 3.63) is 27.7 Å². The highest BCUT2D eigenvalue weighted by Gasteiger charge is 2.21. The number of hydrogen-bond donors (Lipinski definition) is 2. The Balaban J connectivity index is 0.00000120. The van der Waals surface area contributed by atoms with Crippen molar-refractivity contribution in [3.8, 4) is 0 Å². The summed E-state index contributed by atoms with van der Waals surface area (Å²) in [4.78, 5) is 16.5. The average Bonchev–Trinajstić information content (AvgIpc) is 2.39. The minimum atomic E-state index is 0. The van der Waals surface area contributed by atoms with Crippen molar-refractivity contribution in [2.75, 3.05) is 18.8 Å². The Hall–Kier alpha value is -0.450. The molecular formula is C13H19ClN2OS. The first-order chi connectivity index (χ1) is 8.34. The number of thioether (sulfide) groups is 1. The van der Waals surface area contributed by atoms with E-state index in [2.05, 4.69) is 16.4 Å². The number of piperidine rings is 1. The summed E-state index contributed by atoms with van der Waals surface area (Å²) >= 11 is 1.89. The van der Waals surface area contributed by atoms with Crippen molar-refractivity contribution >= 4 is 24.2 Å². The molecule has 0 aromatic carbocycles. The van der Waals surface area contributed by atoms with E-state index in [0.29, 0.717) is 5.92 Å². The Kier molecular flexibility index (Phi) is 4.76. The van der Waals surface area contributed by atoms with Crippen LogP contribution in [0.15, 0.2) is 15.8 Å². The average molecular weight is 287 g/mol. The maximum absolute atomic E-state index is 12.1. The normalized spacial score (nSPS) is 20.0. The Bertz CT molecular complexity index is 469. The minimum absolute atomic E-state index is 0. The molecule has 0 atom stereocenters. The van der Waals surface area contributed by atoms with Gasteiger partial charge in [-0.2, -0.15) is 0 Å². The van der Waals surface area contributed by atoms with Crippen LogP contribution in [-0.4, -0.2) is 23.8 Å². The monoisotopic (exact) mass is 286 g/mol. The van der Waals surface area contributed by atoms with E-state index in [1.165, 1.54) is 17.1 Å². The SMILES string of the molecule is Cl.O=c1[nH]c2c(cc1C1CCNCC1)SCCC2. The van der Waals surface area contributed by atoms with Crippen LogP contribution in [0.3, 0.4) is 0 Å². The number of aromatic nitrogens is 1. The van der Waals surface area contributed by atoms with Gasteiger partial charge in [0.1, 0.15) is 0 Å². The van der Waals surface area contributed by atoms with Crippen LogP contribution < -0.4 is 10.9 Å². The topological polar surface area (TPSA) is 44.9 Å². The molecule has 18 heavy (non-hydrogen) atoms. The smallest absolute Gasteiger partial charge is 0.251 e. The third kappa shape index (κ3) is 2.76. The van der Waals surface area contributed by atoms with Crippen LogP contribution in [0.2, 0.25) is 0 Å². The highest BCUT2D eigenvalue weighted by atomic mass is 35.5. The van der Waals surface area contributed by atoms with E-state index in [4.69, 9.17) is 0 Å². The van der Waals surface area contributed by atoms with E-state index in [9.17, 15) is 4.79 Å². The van der Waals surface area contributed by atoms with Crippen LogP contribution >= 0.6 is 24.2 Å². The van der Waals surface area contributed by atoms with Crippen LogP contribution in [0, 0.1) is 0 Å². The Morgan fingerprint density at radius 1 is 1.28 bits per heavy atom. The standard InChI is InChI=1S/C13H18N2OS.ClH/c16-13-10(9-3-5-14-6-4-9)8-12-11(15-13)2-1-7-17-12;/h8-9,14H,1-7H2,(H,15,16);1H. The van der Waals surface area contributed by atoms with E-state index in [0.717, 1.165) is 43.6 Å². The lowest BCUT2D eigenvalue weighted by Gasteiger charge is -2.24. The molecular weight excluding hydrogens is 268 g/mol. The number of H-pyrrole nitrogens is 1. The molecule has 0 bridgehead atoms. The van der Waals surface area contributed by atoms with Crippen molar-refractivity contribution in [2.45, 2.75) is 36.5 Å². The van der Waals surface area contributed by atoms with Gasteiger partial charge in [0.15, 0.2) is 0 Å². The highest BCUT2D eigenvalue weighted by molar-refractivity contribution is 7.99. The van der Waals surface area contributed by atoms with Crippen molar-refractivity contribution < 1.29 is 0 Å². The zero-order chi connectivity index (χ0) is 11.7. The number of aromatic amines is 1. The fourth-order valence-electron chi connectivity index (χ4n) is 2.75. The van der Waals surface area contributed by atoms with E-state index >= 15 is 0 Å². The van der Waals surface area contributed by atoms with Gasteiger partial charge in [-0.05, 0) is 56.5 Å². The van der Waals surface area contributed by atoms with Crippen LogP contribution in [0.25, 0.3) is 0 Å². The third-order valence-corrected chi connectivity index (χ3v) is 4.89. The van der Waals surface area contributed by atoms with Crippen LogP contribution in [-0.2, 0) is 6.42 Å². The van der Waals surface area contributed by atoms with E-state index in [-0.39, 0.29) is 18.0 Å². The van der Waals surface area contributed by atoms with Crippen molar-refractivity contribution in [1.82, 2.24) is 10.3 Å². The summed E-state index contributed by atoms with van der Waals surface area (Å²) in [6, 6.07) is 2.16. The number of pyridine rings is 1. The molecule has 1 saturated heterocycles. The molecule has 3 nitrogen and oxygen atoms in total. The van der Waals surface area contributed by atoms with Crippen LogP contribution in [0.5, 0.6) is 0 Å². The summed E-state index contributed by atoms with van der Waals surface area (Å²) in [5, 5.41) is 3.35. The molecule has 1 aromatic rings. The highest BCUT2D eigenvalue weighted by Crippen LogP contribution is 2.31. The first-order valence-electron chi connectivity index (χ1n) is 6.44. The van der Waals surface area contributed by atoms with Crippen molar-refractivity contribution in [1.29, 1.82) is 0 Å². The van der Waals surface area contributed by atoms with Gasteiger partial charge < -0.3 is 10.3 Å². The number of halogens is 1. The molecule has 2 aliphatic heterocycles. The molecule has 2 N–H and O–H groups in total. The van der Waals surface area contributed by atoms with Gasteiger partial charge in [-0.3, -0.25) is 4.79 Å². The van der Waals surface area contributed by atoms with Gasteiger partial charge in [0.2, 0.25) is 0 Å². The second-order valence-electron chi connectivity index (χ2n) is 4.87. The summed E-state index contributed by atoms with van der Waals surface area (Å²) in [6.07, 6.45) is 4.39. The number of hydrogen-bond acceptors (Lipinski definition) is 3. The predicted molar refractivity (Wildman–Crippen MR) is 78.2 cm³/mol. The molecule has 0 saturated carbocycles. The molecule has 0 unspecified atom stereocenters. The fourth-order valence-corrected chi connectivity index (χ4v) is 3.79. The maximum Gasteiger partial charge on any atom is 0.251 e. The minimum Gasteiger partial charge on any atom is -0.325 e. The lowest BCUT2D eigenvalue weighted by molar-refractivity contribution is 0.456. The lowest BCUT2D eigenvalue weighted by Crippen LogP contribution is -2.30. The van der Waals surface area contributed by atoms with Gasteiger partial charge in [0, 0.05) is 16.2 Å². The Morgan fingerprint density at radius 2 is 2.06 bits per heavy atom. The fraction of sp³-hybridized carbons (Fsp3) is 0.615. The molecule has 3 heterocycles. The second kappa shape index (κ2) is 6.13. The molecule has 0 spiro atoms. The Morgan fingerprint density at radius 3 is 2.83 bits per heavy atom. The molecule has 2 aliphatic rings. The van der Waals surface area contributed by atoms with Crippen molar-refractivity contribution in [2.24, 2.45) is 0 Å². The third-order valence-electron chi connectivity index (χ3n) is 3.72. The molecule has 0 amide bonds. The first kappa shape index (κ1) is 14.0. The van der Waals surface area contributed by atoms with Gasteiger partial charge >= 0.3 is 0 Å². The zero-order valence-corrected chi connectivity index (χ0v) is 12.0. The summed E-state index contributed by atoms with van der Waals surface area (Å²) in [6.45, 7) is 2.07. The maximum atomic E-state index is 12.1. The lowest BCUT2D eigenvalue weighted by atomic mass is 9.91. The summed E-state index contributed by atoms with van der Waals surface area (Å²) in [5.41, 5.74) is 2.32. The Labute approximate surface area is 118 Å². The van der Waals surface area contributed by atoms with E-state index < -0.39 is 0 Å². The van der Waals surface area contributed by atoms with E-state index in [1.807, 2.05) is 11.8 Å². The predicted octanol–water partition coefficient (Wildman–Crippen LogP) is 2.30. The quantitative estimate of drug-likeness (QED) is 0.833. The second-order valence-corrected chi connectivity index (χ2v) is 6.01. The molecule has 100 valence electrons. The molecule has 3 rings (SSSR count). The van der Waals surface area contributed by atoms with Gasteiger partial charge in [-0.1, -0.05) is 0 Å². The number of nitrogens with one attached hydrogen (secondary N) is 2. The van der Waals surface area contributed by atoms with Gasteiger partial charge in [-0.25, -0.2) is 0 Å². The first-order valence-corrected chi connectivity index (χ1v) is 7.43. The number of rotatable bonds is 1. The summed E-state index contributed by atoms with van der Waals surface area (Å²) < 4.78 is 0. The summed E-state index contributed by atoms with van der Waals surface area (Å²) in [5.74, 6) is 1.64. The number of fused-ring (bicyclic) bond motifs is 1. The van der Waals surface area contributed by atoms with Crippen LogP contribution in [0.4, 0.5) is 0 Å². The molecule has 5 heteroatoms. The molecule has 0 radical (unpaired) electrons. The largest absolute Gasteiger partial charge is 0.325 e. The van der Waals surface area contributed by atoms with E-state index in [1.54, 1.807) is 0 Å². The zero-order valence-electron chi connectivity index (χ0n) is 10.3. The number of aryl methyl sites for hydroxylation is 1. The van der Waals surface area contributed by atoms with Crippen molar-refractivity contribution in [3.63, 3.8) is 0 Å². The van der Waals surface area contributed by atoms with Gasteiger partial charge in [0.05, 0.1) is 0 Å². The molecule has 1 fully saturated rings. The molecule has 1 aromatic heterocycles.